The zero-order valence-electron chi connectivity index (χ0n) is 11.2. The largest absolute Gasteiger partial charge is 0.340 e. The van der Waals surface area contributed by atoms with Gasteiger partial charge in [0.25, 0.3) is 0 Å². The van der Waals surface area contributed by atoms with Crippen LogP contribution in [0.1, 0.15) is 11.4 Å². The molecule has 0 fully saturated rings. The van der Waals surface area contributed by atoms with Gasteiger partial charge in [0.05, 0.1) is 6.54 Å². The molecule has 0 spiro atoms. The lowest BCUT2D eigenvalue weighted by molar-refractivity contribution is 0.716. The number of aryl methyl sites for hydroxylation is 1. The van der Waals surface area contributed by atoms with E-state index in [2.05, 4.69) is 50.5 Å². The number of hydrogen-bond donors (Lipinski definition) is 1. The van der Waals surface area contributed by atoms with E-state index in [9.17, 15) is 0 Å². The number of hydrogen-bond acceptors (Lipinski definition) is 3. The minimum atomic E-state index is 0.741. The molecule has 3 rings (SSSR count). The SMILES string of the molecule is CNCc1ccc2c(ccn2Cc2nncn2C)c1. The van der Waals surface area contributed by atoms with Gasteiger partial charge in [0.1, 0.15) is 6.33 Å². The molecule has 19 heavy (non-hydrogen) atoms. The van der Waals surface area contributed by atoms with E-state index in [0.717, 1.165) is 18.9 Å². The van der Waals surface area contributed by atoms with Crippen molar-refractivity contribution < 1.29 is 0 Å². The van der Waals surface area contributed by atoms with Crippen LogP contribution in [0, 0.1) is 0 Å². The highest BCUT2D eigenvalue weighted by atomic mass is 15.3. The van der Waals surface area contributed by atoms with Crippen molar-refractivity contribution in [2.24, 2.45) is 7.05 Å². The van der Waals surface area contributed by atoms with Gasteiger partial charge < -0.3 is 14.5 Å². The Labute approximate surface area is 111 Å². The first-order valence-corrected chi connectivity index (χ1v) is 6.33. The summed E-state index contributed by atoms with van der Waals surface area (Å²) in [6.07, 6.45) is 3.83. The van der Waals surface area contributed by atoms with Crippen LogP contribution in [0.4, 0.5) is 0 Å². The number of nitrogens with zero attached hydrogens (tertiary/aromatic N) is 4. The van der Waals surface area contributed by atoms with E-state index in [1.165, 1.54) is 16.5 Å². The number of fused-ring (bicyclic) bond motifs is 1. The first kappa shape index (κ1) is 11.9. The molecule has 0 amide bonds. The van der Waals surface area contributed by atoms with Gasteiger partial charge in [0.15, 0.2) is 5.82 Å². The van der Waals surface area contributed by atoms with Crippen molar-refractivity contribution in [3.8, 4) is 0 Å². The van der Waals surface area contributed by atoms with Crippen LogP contribution in [0.2, 0.25) is 0 Å². The molecular weight excluding hydrogens is 238 g/mol. The van der Waals surface area contributed by atoms with Gasteiger partial charge >= 0.3 is 0 Å². The highest BCUT2D eigenvalue weighted by Gasteiger charge is 2.06. The van der Waals surface area contributed by atoms with E-state index in [1.54, 1.807) is 6.33 Å². The first-order valence-electron chi connectivity index (χ1n) is 6.33. The van der Waals surface area contributed by atoms with Gasteiger partial charge in [0.2, 0.25) is 0 Å². The van der Waals surface area contributed by atoms with Gasteiger partial charge in [-0.25, -0.2) is 0 Å². The van der Waals surface area contributed by atoms with Crippen LogP contribution in [0.5, 0.6) is 0 Å². The molecule has 0 saturated carbocycles. The summed E-state index contributed by atoms with van der Waals surface area (Å²) >= 11 is 0. The maximum atomic E-state index is 4.13. The molecule has 2 heterocycles. The van der Waals surface area contributed by atoms with Gasteiger partial charge in [-0.2, -0.15) is 0 Å². The number of aromatic nitrogens is 4. The van der Waals surface area contributed by atoms with Crippen molar-refractivity contribution in [1.82, 2.24) is 24.6 Å². The van der Waals surface area contributed by atoms with Crippen molar-refractivity contribution in [3.63, 3.8) is 0 Å². The molecule has 5 nitrogen and oxygen atoms in total. The molecule has 3 aromatic rings. The minimum absolute atomic E-state index is 0.741. The highest BCUT2D eigenvalue weighted by molar-refractivity contribution is 5.80. The maximum absolute atomic E-state index is 4.13. The molecule has 0 radical (unpaired) electrons. The summed E-state index contributed by atoms with van der Waals surface area (Å²) in [5.41, 5.74) is 2.52. The van der Waals surface area contributed by atoms with Gasteiger partial charge in [-0.15, -0.1) is 10.2 Å². The molecule has 1 aromatic carbocycles. The molecule has 1 N–H and O–H groups in total. The summed E-state index contributed by atoms with van der Waals surface area (Å²) in [4.78, 5) is 0. The average Bonchev–Trinajstić information content (AvgIpc) is 2.98. The summed E-state index contributed by atoms with van der Waals surface area (Å²) in [7, 11) is 3.93. The molecule has 2 aromatic heterocycles. The van der Waals surface area contributed by atoms with E-state index >= 15 is 0 Å². The summed E-state index contributed by atoms with van der Waals surface area (Å²) in [5.74, 6) is 0.955. The van der Waals surface area contributed by atoms with E-state index < -0.39 is 0 Å². The molecule has 0 aliphatic rings. The third-order valence-electron chi connectivity index (χ3n) is 3.33. The molecular formula is C14H17N5. The Morgan fingerprint density at radius 1 is 1.26 bits per heavy atom. The predicted molar refractivity (Wildman–Crippen MR) is 74.8 cm³/mol. The number of benzene rings is 1. The summed E-state index contributed by atoms with van der Waals surface area (Å²) < 4.78 is 4.14. The Morgan fingerprint density at radius 3 is 2.89 bits per heavy atom. The molecule has 0 atom stereocenters. The van der Waals surface area contributed by atoms with Gasteiger partial charge in [-0.1, -0.05) is 6.07 Å². The first-order chi connectivity index (χ1) is 9.28. The molecule has 5 heteroatoms. The van der Waals surface area contributed by atoms with E-state index in [0.29, 0.717) is 0 Å². The fourth-order valence-corrected chi connectivity index (χ4v) is 2.30. The topological polar surface area (TPSA) is 47.7 Å². The van der Waals surface area contributed by atoms with Crippen molar-refractivity contribution in [3.05, 3.63) is 48.2 Å². The number of nitrogens with one attached hydrogen (secondary N) is 1. The van der Waals surface area contributed by atoms with Crippen LogP contribution < -0.4 is 5.32 Å². The lowest BCUT2D eigenvalue weighted by Crippen LogP contribution is -2.06. The van der Waals surface area contributed by atoms with Crippen LogP contribution in [-0.4, -0.2) is 26.4 Å². The Hall–Kier alpha value is -2.14. The molecule has 0 aliphatic carbocycles. The molecule has 0 aliphatic heterocycles. The van der Waals surface area contributed by atoms with E-state index in [4.69, 9.17) is 0 Å². The van der Waals surface area contributed by atoms with Crippen LogP contribution in [-0.2, 0) is 20.1 Å². The molecule has 98 valence electrons. The van der Waals surface area contributed by atoms with Crippen LogP contribution in [0.3, 0.4) is 0 Å². The lowest BCUT2D eigenvalue weighted by atomic mass is 10.1. The van der Waals surface area contributed by atoms with Crippen molar-refractivity contribution in [1.29, 1.82) is 0 Å². The Kier molecular flexibility index (Phi) is 3.05. The van der Waals surface area contributed by atoms with E-state index in [-0.39, 0.29) is 0 Å². The fourth-order valence-electron chi connectivity index (χ4n) is 2.30. The zero-order valence-corrected chi connectivity index (χ0v) is 11.2. The van der Waals surface area contributed by atoms with Gasteiger partial charge in [0, 0.05) is 25.3 Å². The molecule has 0 unspecified atom stereocenters. The monoisotopic (exact) mass is 255 g/mol. The molecule has 0 saturated heterocycles. The van der Waals surface area contributed by atoms with Crippen LogP contribution in [0.15, 0.2) is 36.8 Å². The second-order valence-corrected chi connectivity index (χ2v) is 4.73. The van der Waals surface area contributed by atoms with Gasteiger partial charge in [-0.05, 0) is 36.2 Å². The quantitative estimate of drug-likeness (QED) is 0.769. The van der Waals surface area contributed by atoms with Crippen LogP contribution in [0.25, 0.3) is 10.9 Å². The Bertz CT molecular complexity index is 695. The Balaban J connectivity index is 1.95. The van der Waals surface area contributed by atoms with Crippen molar-refractivity contribution in [2.45, 2.75) is 13.1 Å². The zero-order chi connectivity index (χ0) is 13.2. The summed E-state index contributed by atoms with van der Waals surface area (Å²) in [6, 6.07) is 8.69. The second kappa shape index (κ2) is 4.85. The second-order valence-electron chi connectivity index (χ2n) is 4.73. The minimum Gasteiger partial charge on any atom is -0.340 e. The molecule has 0 bridgehead atoms. The summed E-state index contributed by atoms with van der Waals surface area (Å²) in [5, 5.41) is 12.5. The standard InChI is InChI=1S/C14H17N5/c1-15-8-11-3-4-13-12(7-11)5-6-19(13)9-14-17-16-10-18(14)2/h3-7,10,15H,8-9H2,1-2H3. The summed E-state index contributed by atoms with van der Waals surface area (Å²) in [6.45, 7) is 1.63. The highest BCUT2D eigenvalue weighted by Crippen LogP contribution is 2.18. The van der Waals surface area contributed by atoms with Crippen molar-refractivity contribution >= 4 is 10.9 Å². The Morgan fingerprint density at radius 2 is 2.16 bits per heavy atom. The van der Waals surface area contributed by atoms with Crippen LogP contribution >= 0.6 is 0 Å². The third kappa shape index (κ3) is 2.24. The maximum Gasteiger partial charge on any atom is 0.152 e. The van der Waals surface area contributed by atoms with Gasteiger partial charge in [-0.3, -0.25) is 0 Å². The predicted octanol–water partition coefficient (Wildman–Crippen LogP) is 1.54. The van der Waals surface area contributed by atoms with Crippen molar-refractivity contribution in [2.75, 3.05) is 7.05 Å². The smallest absolute Gasteiger partial charge is 0.152 e. The van der Waals surface area contributed by atoms with E-state index in [1.807, 2.05) is 18.7 Å². The third-order valence-corrected chi connectivity index (χ3v) is 3.33. The average molecular weight is 255 g/mol. The fraction of sp³-hybridized carbons (Fsp3) is 0.286. The lowest BCUT2D eigenvalue weighted by Gasteiger charge is -2.06. The number of rotatable bonds is 4. The normalized spacial score (nSPS) is 11.3.